The molecule has 0 radical (unpaired) electrons. The summed E-state index contributed by atoms with van der Waals surface area (Å²) in [6.45, 7) is 6.38. The second-order valence-corrected chi connectivity index (χ2v) is 11.0. The molecule has 10 nitrogen and oxygen atoms in total. The molecule has 0 aliphatic carbocycles. The summed E-state index contributed by atoms with van der Waals surface area (Å²) in [6, 6.07) is 19.3. The minimum Gasteiger partial charge on any atom is -0.478 e. The molecule has 0 saturated heterocycles. The third kappa shape index (κ3) is 5.16. The Morgan fingerprint density at radius 3 is 2.51 bits per heavy atom. The lowest BCUT2D eigenvalue weighted by atomic mass is 10.0. The lowest BCUT2D eigenvalue weighted by Crippen LogP contribution is -2.38. The first-order valence-electron chi connectivity index (χ1n) is 12.5. The molecular weight excluding hydrogens is 520 g/mol. The van der Waals surface area contributed by atoms with Crippen molar-refractivity contribution >= 4 is 27.4 Å². The van der Waals surface area contributed by atoms with E-state index in [4.69, 9.17) is 9.57 Å². The molecular formula is C28H30N4O6S. The van der Waals surface area contributed by atoms with Gasteiger partial charge in [0.15, 0.2) is 0 Å². The Morgan fingerprint density at radius 1 is 1.10 bits per heavy atom. The normalized spacial score (nSPS) is 18.5. The zero-order chi connectivity index (χ0) is 27.7. The molecule has 0 bridgehead atoms. The van der Waals surface area contributed by atoms with E-state index in [0.29, 0.717) is 30.1 Å². The smallest absolute Gasteiger partial charge is 0.337 e. The van der Waals surface area contributed by atoms with E-state index in [-0.39, 0.29) is 22.4 Å². The number of sulfonamides is 1. The number of nitrogens with zero attached hydrogens (tertiary/aromatic N) is 1. The molecule has 4 N–H and O–H groups in total. The van der Waals surface area contributed by atoms with Crippen LogP contribution in [0.15, 0.2) is 83.1 Å². The number of anilines is 2. The van der Waals surface area contributed by atoms with E-state index in [1.807, 2.05) is 49.1 Å². The van der Waals surface area contributed by atoms with Gasteiger partial charge in [-0.2, -0.15) is 0 Å². The number of benzene rings is 3. The average Bonchev–Trinajstić information content (AvgIpc) is 3.43. The van der Waals surface area contributed by atoms with E-state index in [2.05, 4.69) is 15.5 Å². The number of rotatable bonds is 9. The highest BCUT2D eigenvalue weighted by Gasteiger charge is 2.33. The number of nitrogens with one attached hydrogen (secondary N) is 3. The molecule has 3 aromatic rings. The Labute approximate surface area is 227 Å². The lowest BCUT2D eigenvalue weighted by Gasteiger charge is -2.27. The topological polar surface area (TPSA) is 129 Å². The van der Waals surface area contributed by atoms with Crippen molar-refractivity contribution in [2.24, 2.45) is 0 Å². The molecule has 0 saturated carbocycles. The van der Waals surface area contributed by atoms with Crippen LogP contribution in [0.2, 0.25) is 0 Å². The number of aromatic carboxylic acids is 1. The fourth-order valence-electron chi connectivity index (χ4n) is 4.64. The van der Waals surface area contributed by atoms with Gasteiger partial charge in [-0.05, 0) is 50.1 Å². The Morgan fingerprint density at radius 2 is 1.85 bits per heavy atom. The zero-order valence-corrected chi connectivity index (χ0v) is 22.6. The fourth-order valence-corrected chi connectivity index (χ4v) is 5.93. The molecule has 2 aliphatic heterocycles. The van der Waals surface area contributed by atoms with Gasteiger partial charge in [-0.25, -0.2) is 17.9 Å². The summed E-state index contributed by atoms with van der Waals surface area (Å²) < 4.78 is 35.0. The monoisotopic (exact) mass is 550 g/mol. The SMILES string of the molecule is CCOC1Nc2cccc(C(=O)O)c2N1Cc1ccc(-c2ccccc2S(=O)(=O)NC2=C(C)[C@H](C)NO2)cc1. The Bertz CT molecular complexity index is 1540. The minimum absolute atomic E-state index is 0.0998. The molecule has 39 heavy (non-hydrogen) atoms. The number of para-hydroxylation sites is 1. The number of hydrogen-bond acceptors (Lipinski definition) is 8. The number of hydrogen-bond donors (Lipinski definition) is 4. The molecule has 2 aliphatic rings. The van der Waals surface area contributed by atoms with Crippen molar-refractivity contribution in [1.29, 1.82) is 0 Å². The first-order chi connectivity index (χ1) is 18.7. The van der Waals surface area contributed by atoms with E-state index in [0.717, 1.165) is 16.7 Å². The molecule has 0 aromatic heterocycles. The third-order valence-corrected chi connectivity index (χ3v) is 8.20. The summed E-state index contributed by atoms with van der Waals surface area (Å²) >= 11 is 0. The van der Waals surface area contributed by atoms with Crippen molar-refractivity contribution in [2.75, 3.05) is 16.8 Å². The van der Waals surface area contributed by atoms with Gasteiger partial charge < -0.3 is 24.9 Å². The van der Waals surface area contributed by atoms with Crippen molar-refractivity contribution in [3.05, 3.63) is 89.3 Å². The maximum atomic E-state index is 13.3. The number of carbonyl (C=O) groups is 1. The van der Waals surface area contributed by atoms with Crippen LogP contribution in [-0.2, 0) is 26.1 Å². The van der Waals surface area contributed by atoms with Gasteiger partial charge in [0, 0.05) is 24.3 Å². The van der Waals surface area contributed by atoms with Gasteiger partial charge in [-0.3, -0.25) is 0 Å². The zero-order valence-electron chi connectivity index (χ0n) is 21.8. The number of carboxylic acid groups (broad SMARTS) is 1. The standard InChI is InChI=1S/C28H30N4O6S/c1-4-37-28-29-23-10-7-9-22(27(33)34)25(23)32(28)16-19-12-14-20(15-13-19)21-8-5-6-11-24(21)39(35,36)31-26-17(2)18(3)30-38-26/h5-15,18,28-31H,4,16H2,1-3H3,(H,33,34)/t18-,28?/m0/s1. The maximum absolute atomic E-state index is 13.3. The van der Waals surface area contributed by atoms with Gasteiger partial charge in [0.05, 0.1) is 27.9 Å². The highest BCUT2D eigenvalue weighted by molar-refractivity contribution is 7.89. The molecule has 2 atom stereocenters. The van der Waals surface area contributed by atoms with Crippen LogP contribution in [0.25, 0.3) is 11.1 Å². The summed E-state index contributed by atoms with van der Waals surface area (Å²) in [5.41, 5.74) is 7.12. The second kappa shape index (κ2) is 10.6. The molecule has 2 heterocycles. The van der Waals surface area contributed by atoms with Gasteiger partial charge in [0.25, 0.3) is 10.0 Å². The van der Waals surface area contributed by atoms with Crippen LogP contribution in [0.3, 0.4) is 0 Å². The highest BCUT2D eigenvalue weighted by atomic mass is 32.2. The van der Waals surface area contributed by atoms with Crippen LogP contribution in [0.4, 0.5) is 11.4 Å². The molecule has 0 fully saturated rings. The lowest BCUT2D eigenvalue weighted by molar-refractivity contribution is 0.0694. The average molecular weight is 551 g/mol. The quantitative estimate of drug-likeness (QED) is 0.309. The van der Waals surface area contributed by atoms with Crippen molar-refractivity contribution in [2.45, 2.75) is 44.6 Å². The van der Waals surface area contributed by atoms with Gasteiger partial charge in [0.1, 0.15) is 0 Å². The summed E-state index contributed by atoms with van der Waals surface area (Å²) in [5.74, 6) is -0.839. The highest BCUT2D eigenvalue weighted by Crippen LogP contribution is 2.39. The number of hydroxylamine groups is 1. The molecule has 0 spiro atoms. The van der Waals surface area contributed by atoms with E-state index in [1.54, 1.807) is 43.3 Å². The van der Waals surface area contributed by atoms with Gasteiger partial charge >= 0.3 is 5.97 Å². The minimum atomic E-state index is -3.93. The molecule has 0 amide bonds. The van der Waals surface area contributed by atoms with Crippen LogP contribution >= 0.6 is 0 Å². The maximum Gasteiger partial charge on any atom is 0.337 e. The molecule has 5 rings (SSSR count). The second-order valence-electron chi connectivity index (χ2n) is 9.34. The Kier molecular flexibility index (Phi) is 7.21. The number of fused-ring (bicyclic) bond motifs is 1. The summed E-state index contributed by atoms with van der Waals surface area (Å²) in [4.78, 5) is 19.2. The first kappa shape index (κ1) is 26.5. The Balaban J connectivity index is 1.43. The number of ether oxygens (including phenoxy) is 1. The predicted molar refractivity (Wildman–Crippen MR) is 147 cm³/mol. The van der Waals surface area contributed by atoms with Crippen LogP contribution in [-0.4, -0.2) is 38.5 Å². The fraction of sp³-hybridized carbons (Fsp3) is 0.250. The van der Waals surface area contributed by atoms with E-state index in [9.17, 15) is 18.3 Å². The van der Waals surface area contributed by atoms with Gasteiger partial charge in [-0.1, -0.05) is 48.5 Å². The first-order valence-corrected chi connectivity index (χ1v) is 14.0. The van der Waals surface area contributed by atoms with Crippen molar-refractivity contribution in [1.82, 2.24) is 10.2 Å². The number of carboxylic acids is 1. The van der Waals surface area contributed by atoms with Gasteiger partial charge in [-0.15, -0.1) is 5.48 Å². The van der Waals surface area contributed by atoms with E-state index in [1.165, 1.54) is 0 Å². The largest absolute Gasteiger partial charge is 0.478 e. The third-order valence-electron chi connectivity index (χ3n) is 6.81. The predicted octanol–water partition coefficient (Wildman–Crippen LogP) is 4.24. The van der Waals surface area contributed by atoms with E-state index >= 15 is 0 Å². The summed E-state index contributed by atoms with van der Waals surface area (Å²) in [5, 5.41) is 13.0. The summed E-state index contributed by atoms with van der Waals surface area (Å²) in [7, 11) is -3.93. The van der Waals surface area contributed by atoms with E-state index < -0.39 is 22.3 Å². The van der Waals surface area contributed by atoms with Crippen molar-refractivity contribution < 1.29 is 27.9 Å². The Hall–Kier alpha value is -4.06. The van der Waals surface area contributed by atoms with Crippen molar-refractivity contribution in [3.63, 3.8) is 0 Å². The summed E-state index contributed by atoms with van der Waals surface area (Å²) in [6.07, 6.45) is -0.519. The molecule has 3 aromatic carbocycles. The molecule has 204 valence electrons. The van der Waals surface area contributed by atoms with Crippen LogP contribution in [0.1, 0.15) is 36.7 Å². The van der Waals surface area contributed by atoms with Crippen molar-refractivity contribution in [3.8, 4) is 11.1 Å². The van der Waals surface area contributed by atoms with Gasteiger partial charge in [0.2, 0.25) is 12.2 Å². The van der Waals surface area contributed by atoms with Crippen LogP contribution in [0, 0.1) is 0 Å². The molecule has 11 heteroatoms. The van der Waals surface area contributed by atoms with Crippen LogP contribution < -0.4 is 20.4 Å². The van der Waals surface area contributed by atoms with Crippen LogP contribution in [0.5, 0.6) is 0 Å². The molecule has 1 unspecified atom stereocenters.